The van der Waals surface area contributed by atoms with E-state index in [0.717, 1.165) is 43.9 Å². The van der Waals surface area contributed by atoms with Crippen LogP contribution in [0.2, 0.25) is 0 Å². The highest BCUT2D eigenvalue weighted by Gasteiger charge is 2.45. The lowest BCUT2D eigenvalue weighted by Gasteiger charge is -2.48. The van der Waals surface area contributed by atoms with E-state index in [1.54, 1.807) is 0 Å². The average Bonchev–Trinajstić information content (AvgIpc) is 2.65. The number of para-hydroxylation sites is 2. The van der Waals surface area contributed by atoms with E-state index in [4.69, 9.17) is 0 Å². The molecule has 4 rings (SSSR count). The van der Waals surface area contributed by atoms with Crippen molar-refractivity contribution >= 4 is 17.3 Å². The Kier molecular flexibility index (Phi) is 4.70. The molecule has 3 aliphatic rings. The smallest absolute Gasteiger partial charge is 0.250 e. The van der Waals surface area contributed by atoms with Crippen LogP contribution in [0.3, 0.4) is 0 Å². The van der Waals surface area contributed by atoms with Gasteiger partial charge in [0.05, 0.1) is 11.4 Å². The van der Waals surface area contributed by atoms with Crippen LogP contribution in [0.4, 0.5) is 11.4 Å². The van der Waals surface area contributed by atoms with Gasteiger partial charge in [0.1, 0.15) is 5.54 Å². The number of hydrogen-bond donors (Lipinski definition) is 2. The fourth-order valence-electron chi connectivity index (χ4n) is 4.85. The molecule has 142 valence electrons. The molecule has 0 atom stereocenters. The predicted octanol–water partition coefficient (Wildman–Crippen LogP) is 3.15. The van der Waals surface area contributed by atoms with Crippen LogP contribution in [0, 0.1) is 0 Å². The molecule has 2 N–H and O–H groups in total. The van der Waals surface area contributed by atoms with Crippen LogP contribution >= 0.6 is 0 Å². The summed E-state index contributed by atoms with van der Waals surface area (Å²) in [5.74, 6) is 0.131. The van der Waals surface area contributed by atoms with E-state index in [0.29, 0.717) is 0 Å². The Morgan fingerprint density at radius 1 is 1.00 bits per heavy atom. The molecule has 3 heterocycles. The van der Waals surface area contributed by atoms with E-state index in [2.05, 4.69) is 40.3 Å². The Morgan fingerprint density at radius 3 is 2.35 bits per heavy atom. The predicted molar refractivity (Wildman–Crippen MR) is 107 cm³/mol. The highest BCUT2D eigenvalue weighted by atomic mass is 16.2. The molecule has 1 spiro atoms. The minimum absolute atomic E-state index is 0.131. The number of fused-ring (bicyclic) bond motifs is 1. The number of nitrogens with zero attached hydrogens (tertiary/aromatic N) is 2. The number of anilines is 2. The number of carbonyl (C=O) groups is 1. The van der Waals surface area contributed by atoms with Crippen LogP contribution in [0.1, 0.15) is 46.0 Å². The van der Waals surface area contributed by atoms with Crippen molar-refractivity contribution in [3.8, 4) is 0 Å². The second kappa shape index (κ2) is 6.86. The second-order valence-corrected chi connectivity index (χ2v) is 8.84. The van der Waals surface area contributed by atoms with Crippen molar-refractivity contribution in [2.24, 2.45) is 0 Å². The first-order chi connectivity index (χ1) is 12.5. The van der Waals surface area contributed by atoms with Crippen molar-refractivity contribution in [1.82, 2.24) is 9.80 Å². The third kappa shape index (κ3) is 3.35. The fraction of sp³-hybridized carbons (Fsp3) is 0.667. The molecule has 1 amide bonds. The second-order valence-electron chi connectivity index (χ2n) is 8.84. The van der Waals surface area contributed by atoms with Gasteiger partial charge in [0, 0.05) is 25.2 Å². The zero-order valence-corrected chi connectivity index (χ0v) is 16.2. The molecule has 0 unspecified atom stereocenters. The van der Waals surface area contributed by atoms with Crippen molar-refractivity contribution in [2.45, 2.75) is 57.0 Å². The summed E-state index contributed by atoms with van der Waals surface area (Å²) in [6, 6.07) is 8.00. The first-order valence-corrected chi connectivity index (χ1v) is 10.1. The lowest BCUT2D eigenvalue weighted by atomic mass is 9.83. The summed E-state index contributed by atoms with van der Waals surface area (Å²) >= 11 is 0. The Balaban J connectivity index is 1.39. The maximum atomic E-state index is 12.8. The summed E-state index contributed by atoms with van der Waals surface area (Å²) in [7, 11) is 0. The lowest BCUT2D eigenvalue weighted by Crippen LogP contribution is -2.61. The number of rotatable bonds is 3. The van der Waals surface area contributed by atoms with Crippen LogP contribution in [-0.2, 0) is 4.79 Å². The van der Waals surface area contributed by atoms with Gasteiger partial charge in [0.15, 0.2) is 0 Å². The van der Waals surface area contributed by atoms with E-state index in [-0.39, 0.29) is 11.4 Å². The number of amides is 1. The summed E-state index contributed by atoms with van der Waals surface area (Å²) in [6.45, 7) is 10.2. The third-order valence-electron chi connectivity index (χ3n) is 6.52. The molecular weight excluding hydrogens is 324 g/mol. The van der Waals surface area contributed by atoms with E-state index in [1.807, 2.05) is 18.2 Å². The van der Waals surface area contributed by atoms with Gasteiger partial charge in [0.2, 0.25) is 5.91 Å². The summed E-state index contributed by atoms with van der Waals surface area (Å²) in [6.07, 6.45) is 5.76. The van der Waals surface area contributed by atoms with E-state index >= 15 is 0 Å². The Morgan fingerprint density at radius 2 is 1.65 bits per heavy atom. The molecule has 0 radical (unpaired) electrons. The first kappa shape index (κ1) is 17.8. The van der Waals surface area contributed by atoms with Crippen molar-refractivity contribution < 1.29 is 4.79 Å². The van der Waals surface area contributed by atoms with Gasteiger partial charge in [-0.1, -0.05) is 18.6 Å². The van der Waals surface area contributed by atoms with E-state index in [9.17, 15) is 4.79 Å². The molecule has 0 saturated carbocycles. The van der Waals surface area contributed by atoms with Crippen LogP contribution < -0.4 is 10.6 Å². The van der Waals surface area contributed by atoms with Gasteiger partial charge in [-0.15, -0.1) is 0 Å². The molecule has 5 nitrogen and oxygen atoms in total. The lowest BCUT2D eigenvalue weighted by molar-refractivity contribution is -0.122. The van der Waals surface area contributed by atoms with E-state index < -0.39 is 5.54 Å². The van der Waals surface area contributed by atoms with Crippen molar-refractivity contribution in [1.29, 1.82) is 0 Å². The summed E-state index contributed by atoms with van der Waals surface area (Å²) in [4.78, 5) is 18.0. The Hall–Kier alpha value is -1.59. The van der Waals surface area contributed by atoms with Gasteiger partial charge in [-0.2, -0.15) is 0 Å². The normalized spacial score (nSPS) is 24.0. The number of nitrogens with one attached hydrogen (secondary N) is 2. The maximum Gasteiger partial charge on any atom is 0.250 e. The number of benzene rings is 1. The first-order valence-electron chi connectivity index (χ1n) is 10.1. The van der Waals surface area contributed by atoms with Gasteiger partial charge in [-0.25, -0.2) is 0 Å². The molecule has 1 aromatic carbocycles. The Bertz CT molecular complexity index is 658. The zero-order chi connectivity index (χ0) is 18.2. The number of piperidine rings is 2. The third-order valence-corrected chi connectivity index (χ3v) is 6.52. The van der Waals surface area contributed by atoms with Crippen LogP contribution in [0.5, 0.6) is 0 Å². The summed E-state index contributed by atoms with van der Waals surface area (Å²) < 4.78 is 0. The van der Waals surface area contributed by atoms with Crippen LogP contribution in [-0.4, -0.2) is 59.5 Å². The summed E-state index contributed by atoms with van der Waals surface area (Å²) in [5.41, 5.74) is 1.71. The number of carbonyl (C=O) groups excluding carboxylic acids is 1. The topological polar surface area (TPSA) is 47.6 Å². The standard InChI is InChI=1S/C21H32N4O/c1-20(2,25-12-6-3-7-13-25)16-24-14-10-21(11-15-24)19(26)22-17-8-4-5-9-18(17)23-21/h4-5,8-9,23H,3,6-7,10-16H2,1-2H3,(H,22,26). The monoisotopic (exact) mass is 356 g/mol. The van der Waals surface area contributed by atoms with Gasteiger partial charge < -0.3 is 15.5 Å². The van der Waals surface area contributed by atoms with Gasteiger partial charge in [0.25, 0.3) is 0 Å². The molecule has 1 aromatic rings. The average molecular weight is 357 g/mol. The number of likely N-dealkylation sites (tertiary alicyclic amines) is 2. The van der Waals surface area contributed by atoms with Crippen LogP contribution in [0.15, 0.2) is 24.3 Å². The Labute approximate surface area is 157 Å². The summed E-state index contributed by atoms with van der Waals surface area (Å²) in [5, 5.41) is 6.67. The maximum absolute atomic E-state index is 12.8. The SMILES string of the molecule is CC(C)(CN1CCC2(CC1)Nc1ccccc1NC2=O)N1CCCCC1. The van der Waals surface area contributed by atoms with Gasteiger partial charge in [-0.3, -0.25) is 9.69 Å². The molecule has 0 bridgehead atoms. The number of hydrogen-bond acceptors (Lipinski definition) is 4. The van der Waals surface area contributed by atoms with Gasteiger partial charge >= 0.3 is 0 Å². The molecule has 0 aliphatic carbocycles. The molecular formula is C21H32N4O. The van der Waals surface area contributed by atoms with Crippen molar-refractivity contribution in [3.05, 3.63) is 24.3 Å². The van der Waals surface area contributed by atoms with Crippen molar-refractivity contribution in [2.75, 3.05) is 43.4 Å². The van der Waals surface area contributed by atoms with E-state index in [1.165, 1.54) is 32.4 Å². The fourth-order valence-corrected chi connectivity index (χ4v) is 4.85. The quantitative estimate of drug-likeness (QED) is 0.873. The zero-order valence-electron chi connectivity index (χ0n) is 16.2. The molecule has 2 saturated heterocycles. The molecule has 2 fully saturated rings. The highest BCUT2D eigenvalue weighted by molar-refractivity contribution is 6.06. The van der Waals surface area contributed by atoms with Crippen LogP contribution in [0.25, 0.3) is 0 Å². The molecule has 26 heavy (non-hydrogen) atoms. The molecule has 5 heteroatoms. The van der Waals surface area contributed by atoms with Crippen molar-refractivity contribution in [3.63, 3.8) is 0 Å². The van der Waals surface area contributed by atoms with Gasteiger partial charge in [-0.05, 0) is 64.8 Å². The minimum atomic E-state index is -0.444. The molecule has 3 aliphatic heterocycles. The highest BCUT2D eigenvalue weighted by Crippen LogP contribution is 2.36. The molecule has 0 aromatic heterocycles. The largest absolute Gasteiger partial charge is 0.369 e. The minimum Gasteiger partial charge on any atom is -0.369 e.